The number of hydrogen-bond acceptors (Lipinski definition) is 7. The van der Waals surface area contributed by atoms with Crippen molar-refractivity contribution in [2.45, 2.75) is 4.21 Å². The number of nitrogens with one attached hydrogen (secondary N) is 1. The number of nitrogens with two attached hydrogens (primary N) is 1. The predicted octanol–water partition coefficient (Wildman–Crippen LogP) is 2.99. The van der Waals surface area contributed by atoms with Gasteiger partial charge in [0.05, 0.1) is 5.56 Å². The van der Waals surface area contributed by atoms with Crippen molar-refractivity contribution in [3.05, 3.63) is 53.8 Å². The first-order valence-corrected chi connectivity index (χ1v) is 11.7. The highest BCUT2D eigenvalue weighted by Crippen LogP contribution is 2.42. The number of benzene rings is 2. The second kappa shape index (κ2) is 7.50. The van der Waals surface area contributed by atoms with Gasteiger partial charge in [-0.2, -0.15) is 9.98 Å². The zero-order chi connectivity index (χ0) is 20.5. The fourth-order valence-electron chi connectivity index (χ4n) is 2.25. The maximum Gasteiger partial charge on any atom is 0.391 e. The van der Waals surface area contributed by atoms with Crippen LogP contribution in [-0.4, -0.2) is 19.6 Å². The third-order valence-corrected chi connectivity index (χ3v) is 7.80. The summed E-state index contributed by atoms with van der Waals surface area (Å²) < 4.78 is 58.0. The first-order valence-electron chi connectivity index (χ1n) is 7.59. The molecule has 1 atom stereocenters. The molecule has 28 heavy (non-hydrogen) atoms. The van der Waals surface area contributed by atoms with Gasteiger partial charge < -0.3 is 15.2 Å². The standard InChI is InChI=1S/C16H13FN3O5PS2/c17-14-7-13(3-1-10(14)8-18)25-26(21,22)9-20-28(23,24)16-6-11-5-12(19)2-4-15(11)27-16/h1-7,20H,9,19H2,(H,21,22). The van der Waals surface area contributed by atoms with Gasteiger partial charge in [-0.25, -0.2) is 17.4 Å². The van der Waals surface area contributed by atoms with Crippen LogP contribution in [0.4, 0.5) is 10.1 Å². The lowest BCUT2D eigenvalue weighted by Crippen LogP contribution is -2.25. The van der Waals surface area contributed by atoms with Gasteiger partial charge in [-0.1, -0.05) is 0 Å². The predicted molar refractivity (Wildman–Crippen MR) is 103 cm³/mol. The molecule has 3 aromatic rings. The Balaban J connectivity index is 1.74. The summed E-state index contributed by atoms with van der Waals surface area (Å²) in [6.45, 7) is 0. The minimum Gasteiger partial charge on any atom is -0.424 e. The van der Waals surface area contributed by atoms with E-state index in [1.54, 1.807) is 24.3 Å². The summed E-state index contributed by atoms with van der Waals surface area (Å²) in [5.41, 5.74) is 5.89. The normalized spacial score (nSPS) is 13.8. The Morgan fingerprint density at radius 1 is 1.29 bits per heavy atom. The van der Waals surface area contributed by atoms with E-state index in [1.807, 2.05) is 4.72 Å². The van der Waals surface area contributed by atoms with Gasteiger partial charge in [-0.15, -0.1) is 11.3 Å². The monoisotopic (exact) mass is 441 g/mol. The molecule has 0 bridgehead atoms. The van der Waals surface area contributed by atoms with Crippen molar-refractivity contribution in [1.29, 1.82) is 5.26 Å². The maximum absolute atomic E-state index is 13.6. The molecule has 0 fully saturated rings. The topological polar surface area (TPSA) is 143 Å². The van der Waals surface area contributed by atoms with Gasteiger partial charge in [-0.05, 0) is 41.8 Å². The minimum absolute atomic E-state index is 0.0579. The summed E-state index contributed by atoms with van der Waals surface area (Å²) in [6.07, 6.45) is -0.923. The van der Waals surface area contributed by atoms with Crippen molar-refractivity contribution >= 4 is 44.7 Å². The molecule has 4 N–H and O–H groups in total. The number of rotatable bonds is 6. The van der Waals surface area contributed by atoms with E-state index in [0.29, 0.717) is 15.8 Å². The highest BCUT2D eigenvalue weighted by Gasteiger charge is 2.27. The van der Waals surface area contributed by atoms with E-state index in [4.69, 9.17) is 15.5 Å². The Hall–Kier alpha value is -2.48. The van der Waals surface area contributed by atoms with Crippen molar-refractivity contribution in [1.82, 2.24) is 4.72 Å². The smallest absolute Gasteiger partial charge is 0.391 e. The van der Waals surface area contributed by atoms with Crippen molar-refractivity contribution < 1.29 is 26.8 Å². The van der Waals surface area contributed by atoms with E-state index in [9.17, 15) is 22.3 Å². The molecule has 0 saturated carbocycles. The van der Waals surface area contributed by atoms with Crippen LogP contribution in [-0.2, 0) is 14.6 Å². The Morgan fingerprint density at radius 3 is 2.71 bits per heavy atom. The van der Waals surface area contributed by atoms with Crippen LogP contribution >= 0.6 is 18.9 Å². The van der Waals surface area contributed by atoms with Crippen molar-refractivity contribution in [2.75, 3.05) is 12.0 Å². The fourth-order valence-corrected chi connectivity index (χ4v) is 6.17. The molecule has 0 saturated heterocycles. The first-order chi connectivity index (χ1) is 13.1. The third-order valence-electron chi connectivity index (χ3n) is 3.55. The van der Waals surface area contributed by atoms with E-state index < -0.39 is 29.7 Å². The SMILES string of the molecule is N#Cc1ccc(OP(=O)(O)CNS(=O)(=O)c2cc3cc(N)ccc3s2)cc1F. The quantitative estimate of drug-likeness (QED) is 0.394. The van der Waals surface area contributed by atoms with Crippen LogP contribution in [0, 0.1) is 17.1 Å². The van der Waals surface area contributed by atoms with E-state index in [0.717, 1.165) is 29.5 Å². The fraction of sp³-hybridized carbons (Fsp3) is 0.0625. The first kappa shape index (κ1) is 20.3. The van der Waals surface area contributed by atoms with Gasteiger partial charge in [0.1, 0.15) is 28.1 Å². The highest BCUT2D eigenvalue weighted by atomic mass is 32.2. The van der Waals surface area contributed by atoms with E-state index in [2.05, 4.69) is 0 Å². The maximum atomic E-state index is 13.6. The number of halogens is 1. The van der Waals surface area contributed by atoms with Crippen LogP contribution in [0.1, 0.15) is 5.56 Å². The van der Waals surface area contributed by atoms with Gasteiger partial charge in [0, 0.05) is 16.5 Å². The number of hydrogen-bond donors (Lipinski definition) is 3. The summed E-state index contributed by atoms with van der Waals surface area (Å²) in [5.74, 6) is -1.23. The summed E-state index contributed by atoms with van der Waals surface area (Å²) >= 11 is 0.975. The van der Waals surface area contributed by atoms with E-state index in [1.165, 1.54) is 6.07 Å². The molecule has 8 nitrogen and oxygen atoms in total. The largest absolute Gasteiger partial charge is 0.424 e. The van der Waals surface area contributed by atoms with Gasteiger partial charge in [0.2, 0.25) is 0 Å². The molecule has 1 unspecified atom stereocenters. The van der Waals surface area contributed by atoms with Gasteiger partial charge >= 0.3 is 7.60 Å². The molecule has 0 aliphatic carbocycles. The zero-order valence-corrected chi connectivity index (χ0v) is 16.5. The Morgan fingerprint density at radius 2 is 2.04 bits per heavy atom. The molecule has 1 aromatic heterocycles. The summed E-state index contributed by atoms with van der Waals surface area (Å²) in [6, 6.07) is 10.9. The van der Waals surface area contributed by atoms with Crippen molar-refractivity contribution in [3.8, 4) is 11.8 Å². The lowest BCUT2D eigenvalue weighted by molar-refractivity contribution is 0.377. The molecule has 1 heterocycles. The second-order valence-electron chi connectivity index (χ2n) is 5.65. The van der Waals surface area contributed by atoms with Crippen molar-refractivity contribution in [3.63, 3.8) is 0 Å². The van der Waals surface area contributed by atoms with Gasteiger partial charge in [-0.3, -0.25) is 0 Å². The Kier molecular flexibility index (Phi) is 5.43. The average molecular weight is 441 g/mol. The molecule has 0 aliphatic heterocycles. The molecule has 0 aliphatic rings. The molecule has 146 valence electrons. The number of anilines is 1. The molecule has 0 amide bonds. The summed E-state index contributed by atoms with van der Waals surface area (Å²) in [5, 5.41) is 9.30. The van der Waals surface area contributed by atoms with Crippen LogP contribution in [0.15, 0.2) is 46.7 Å². The Labute approximate surface area is 163 Å². The number of thiophene rings is 1. The number of nitrogens with zero attached hydrogens (tertiary/aromatic N) is 1. The molecule has 12 heteroatoms. The summed E-state index contributed by atoms with van der Waals surface area (Å²) in [7, 11) is -8.55. The summed E-state index contributed by atoms with van der Waals surface area (Å²) in [4.78, 5) is 9.88. The van der Waals surface area contributed by atoms with Crippen LogP contribution in [0.3, 0.4) is 0 Å². The number of fused-ring (bicyclic) bond motifs is 1. The number of sulfonamides is 1. The van der Waals surface area contributed by atoms with Crippen molar-refractivity contribution in [2.24, 2.45) is 0 Å². The molecular formula is C16H13FN3O5PS2. The molecule has 2 aromatic carbocycles. The van der Waals surface area contributed by atoms with Gasteiger partial charge in [0.15, 0.2) is 0 Å². The van der Waals surface area contributed by atoms with E-state index >= 15 is 0 Å². The lowest BCUT2D eigenvalue weighted by atomic mass is 10.2. The zero-order valence-electron chi connectivity index (χ0n) is 14.0. The molecular weight excluding hydrogens is 428 g/mol. The average Bonchev–Trinajstić information content (AvgIpc) is 3.04. The number of nitriles is 1. The highest BCUT2D eigenvalue weighted by molar-refractivity contribution is 7.92. The third kappa shape index (κ3) is 4.49. The van der Waals surface area contributed by atoms with Crippen LogP contribution in [0.25, 0.3) is 10.1 Å². The molecule has 3 rings (SSSR count). The molecule has 0 radical (unpaired) electrons. The van der Waals surface area contributed by atoms with Gasteiger partial charge in [0.25, 0.3) is 10.0 Å². The lowest BCUT2D eigenvalue weighted by Gasteiger charge is -2.14. The van der Waals surface area contributed by atoms with Crippen LogP contribution in [0.2, 0.25) is 0 Å². The minimum atomic E-state index is -4.47. The van der Waals surface area contributed by atoms with Crippen LogP contribution in [0.5, 0.6) is 5.75 Å². The van der Waals surface area contributed by atoms with E-state index in [-0.39, 0.29) is 15.5 Å². The number of nitrogen functional groups attached to an aromatic ring is 1. The Bertz CT molecular complexity index is 1250. The molecule has 0 spiro atoms. The van der Waals surface area contributed by atoms with Crippen LogP contribution < -0.4 is 15.0 Å². The second-order valence-corrected chi connectivity index (χ2v) is 10.5.